The van der Waals surface area contributed by atoms with Gasteiger partial charge in [0, 0.05) is 6.42 Å². The summed E-state index contributed by atoms with van der Waals surface area (Å²) in [6.07, 6.45) is 1.13. The first-order valence-corrected chi connectivity index (χ1v) is 11.7. The summed E-state index contributed by atoms with van der Waals surface area (Å²) in [5.41, 5.74) is 0.506. The lowest BCUT2D eigenvalue weighted by Gasteiger charge is -2.18. The molecule has 0 radical (unpaired) electrons. The minimum Gasteiger partial charge on any atom is -0.294 e. The Morgan fingerprint density at radius 3 is 1.89 bits per heavy atom. The van der Waals surface area contributed by atoms with E-state index in [1.807, 2.05) is 0 Å². The van der Waals surface area contributed by atoms with Gasteiger partial charge in [-0.2, -0.15) is 0 Å². The molecule has 1 aliphatic rings. The van der Waals surface area contributed by atoms with Gasteiger partial charge in [-0.05, 0) is 55.3 Å². The molecule has 2 aromatic rings. The fraction of sp³-hybridized carbons (Fsp3) is 0.190. The van der Waals surface area contributed by atoms with Crippen molar-refractivity contribution >= 4 is 25.5 Å². The highest BCUT2D eigenvalue weighted by Gasteiger charge is 2.35. The number of carbonyl (C=O) groups excluding carboxylic acids is 1. The first-order chi connectivity index (χ1) is 13.2. The molecule has 1 atom stereocenters. The van der Waals surface area contributed by atoms with Gasteiger partial charge < -0.3 is 0 Å². The van der Waals surface area contributed by atoms with E-state index >= 15 is 0 Å². The molecule has 0 saturated carbocycles. The van der Waals surface area contributed by atoms with Crippen molar-refractivity contribution in [1.82, 2.24) is 0 Å². The standard InChI is InChI=1S/C21H20O5S2/c1-15(27(23,24)18-9-5-3-6-10-18)20-13-17(22)14-21(20)16(2)28(25,26)19-11-7-4-8-12-19/h3-13,15H,14H2,1-2H3/b21-16+. The Hall–Kier alpha value is -2.51. The number of sulfone groups is 2. The zero-order chi connectivity index (χ0) is 20.5. The van der Waals surface area contributed by atoms with Crippen LogP contribution in [0.2, 0.25) is 0 Å². The average Bonchev–Trinajstić information content (AvgIpc) is 3.09. The molecule has 28 heavy (non-hydrogen) atoms. The number of ketones is 1. The van der Waals surface area contributed by atoms with Crippen LogP contribution in [-0.4, -0.2) is 27.9 Å². The van der Waals surface area contributed by atoms with Crippen LogP contribution in [0.25, 0.3) is 0 Å². The first kappa shape index (κ1) is 20.2. The molecule has 1 aliphatic carbocycles. The van der Waals surface area contributed by atoms with Crippen molar-refractivity contribution in [2.75, 3.05) is 0 Å². The van der Waals surface area contributed by atoms with Gasteiger partial charge in [0.05, 0.1) is 19.9 Å². The van der Waals surface area contributed by atoms with Gasteiger partial charge in [0.15, 0.2) is 15.6 Å². The number of rotatable bonds is 5. The van der Waals surface area contributed by atoms with Gasteiger partial charge in [0.2, 0.25) is 9.84 Å². The van der Waals surface area contributed by atoms with E-state index in [1.54, 1.807) is 36.4 Å². The van der Waals surface area contributed by atoms with Crippen LogP contribution in [-0.2, 0) is 24.5 Å². The van der Waals surface area contributed by atoms with E-state index in [4.69, 9.17) is 0 Å². The van der Waals surface area contributed by atoms with Gasteiger partial charge in [-0.25, -0.2) is 16.8 Å². The molecule has 0 fully saturated rings. The molecule has 1 unspecified atom stereocenters. The summed E-state index contributed by atoms with van der Waals surface area (Å²) < 4.78 is 51.9. The summed E-state index contributed by atoms with van der Waals surface area (Å²) >= 11 is 0. The summed E-state index contributed by atoms with van der Waals surface area (Å²) in [5, 5.41) is -1.04. The maximum atomic E-state index is 13.0. The molecular weight excluding hydrogens is 396 g/mol. The van der Waals surface area contributed by atoms with E-state index in [1.165, 1.54) is 44.2 Å². The van der Waals surface area contributed by atoms with E-state index in [9.17, 15) is 21.6 Å². The van der Waals surface area contributed by atoms with Gasteiger partial charge in [-0.15, -0.1) is 0 Å². The number of allylic oxidation sites excluding steroid dienone is 3. The average molecular weight is 417 g/mol. The molecule has 0 spiro atoms. The third-order valence-electron chi connectivity index (χ3n) is 4.87. The third kappa shape index (κ3) is 3.59. The summed E-state index contributed by atoms with van der Waals surface area (Å²) in [7, 11) is -7.60. The predicted octanol–water partition coefficient (Wildman–Crippen LogP) is 3.50. The van der Waals surface area contributed by atoms with E-state index in [0.29, 0.717) is 0 Å². The Balaban J connectivity index is 2.10. The van der Waals surface area contributed by atoms with Gasteiger partial charge in [-0.1, -0.05) is 36.4 Å². The molecule has 0 aliphatic heterocycles. The van der Waals surface area contributed by atoms with E-state index in [-0.39, 0.29) is 38.0 Å². The molecule has 0 bridgehead atoms. The number of hydrogen-bond acceptors (Lipinski definition) is 5. The largest absolute Gasteiger partial charge is 0.294 e. The van der Waals surface area contributed by atoms with Crippen LogP contribution >= 0.6 is 0 Å². The Kier molecular flexibility index (Phi) is 5.41. The highest BCUT2D eigenvalue weighted by molar-refractivity contribution is 7.95. The summed E-state index contributed by atoms with van der Waals surface area (Å²) in [6.45, 7) is 2.90. The number of hydrogen-bond donors (Lipinski definition) is 0. The Labute approximate surface area is 165 Å². The van der Waals surface area contributed by atoms with Gasteiger partial charge in [0.1, 0.15) is 0 Å². The molecule has 0 heterocycles. The van der Waals surface area contributed by atoms with Crippen LogP contribution in [0.5, 0.6) is 0 Å². The van der Waals surface area contributed by atoms with Crippen molar-refractivity contribution in [2.45, 2.75) is 35.3 Å². The smallest absolute Gasteiger partial charge is 0.202 e. The summed E-state index contributed by atoms with van der Waals surface area (Å²) in [6, 6.07) is 15.8. The quantitative estimate of drug-likeness (QED) is 0.745. The molecule has 0 amide bonds. The predicted molar refractivity (Wildman–Crippen MR) is 107 cm³/mol. The molecule has 3 rings (SSSR count). The number of benzene rings is 2. The fourth-order valence-corrected chi connectivity index (χ4v) is 6.07. The van der Waals surface area contributed by atoms with Gasteiger partial charge in [0.25, 0.3) is 0 Å². The van der Waals surface area contributed by atoms with Crippen LogP contribution in [0.1, 0.15) is 20.3 Å². The SMILES string of the molecule is C/C(=C1/CC(=O)C=C1C(C)S(=O)(=O)c1ccccc1)S(=O)(=O)c1ccccc1. The highest BCUT2D eigenvalue weighted by atomic mass is 32.2. The second kappa shape index (κ2) is 7.48. The molecule has 5 nitrogen and oxygen atoms in total. The van der Waals surface area contributed by atoms with E-state index in [0.717, 1.165) is 0 Å². The normalized spacial score (nSPS) is 17.9. The van der Waals surface area contributed by atoms with Gasteiger partial charge in [-0.3, -0.25) is 4.79 Å². The maximum Gasteiger partial charge on any atom is 0.202 e. The minimum atomic E-state index is -3.83. The lowest BCUT2D eigenvalue weighted by atomic mass is 10.1. The molecule has 0 N–H and O–H groups in total. The second-order valence-electron chi connectivity index (χ2n) is 6.59. The van der Waals surface area contributed by atoms with Crippen LogP contribution in [0.4, 0.5) is 0 Å². The van der Waals surface area contributed by atoms with Crippen LogP contribution in [0.3, 0.4) is 0 Å². The van der Waals surface area contributed by atoms with Crippen molar-refractivity contribution in [3.63, 3.8) is 0 Å². The van der Waals surface area contributed by atoms with Crippen LogP contribution < -0.4 is 0 Å². The Morgan fingerprint density at radius 1 is 0.857 bits per heavy atom. The van der Waals surface area contributed by atoms with Crippen molar-refractivity contribution in [3.8, 4) is 0 Å². The zero-order valence-corrected chi connectivity index (χ0v) is 17.1. The van der Waals surface area contributed by atoms with Crippen molar-refractivity contribution in [3.05, 3.63) is 82.8 Å². The van der Waals surface area contributed by atoms with E-state index in [2.05, 4.69) is 0 Å². The van der Waals surface area contributed by atoms with Crippen molar-refractivity contribution in [2.24, 2.45) is 0 Å². The Morgan fingerprint density at radius 2 is 1.36 bits per heavy atom. The lowest BCUT2D eigenvalue weighted by Crippen LogP contribution is -2.21. The minimum absolute atomic E-state index is 0.00547. The third-order valence-corrected chi connectivity index (χ3v) is 8.93. The monoisotopic (exact) mass is 416 g/mol. The summed E-state index contributed by atoms with van der Waals surface area (Å²) in [4.78, 5) is 12.3. The molecule has 146 valence electrons. The molecule has 0 saturated heterocycles. The van der Waals surface area contributed by atoms with Gasteiger partial charge >= 0.3 is 0 Å². The van der Waals surface area contributed by atoms with Crippen LogP contribution in [0, 0.1) is 0 Å². The molecule has 7 heteroatoms. The molecule has 0 aromatic heterocycles. The van der Waals surface area contributed by atoms with Crippen LogP contribution in [0.15, 0.2) is 92.6 Å². The second-order valence-corrected chi connectivity index (χ2v) is 11.0. The van der Waals surface area contributed by atoms with Crippen molar-refractivity contribution < 1.29 is 21.6 Å². The highest BCUT2D eigenvalue weighted by Crippen LogP contribution is 2.36. The Bertz CT molecular complexity index is 1170. The fourth-order valence-electron chi connectivity index (χ4n) is 3.20. The topological polar surface area (TPSA) is 85.3 Å². The zero-order valence-electron chi connectivity index (χ0n) is 15.5. The maximum absolute atomic E-state index is 13.0. The lowest BCUT2D eigenvalue weighted by molar-refractivity contribution is -0.113. The number of carbonyl (C=O) groups is 1. The molecule has 2 aromatic carbocycles. The molecular formula is C21H20O5S2. The van der Waals surface area contributed by atoms with E-state index < -0.39 is 24.9 Å². The van der Waals surface area contributed by atoms with Crippen molar-refractivity contribution in [1.29, 1.82) is 0 Å². The first-order valence-electron chi connectivity index (χ1n) is 8.69. The summed E-state index contributed by atoms with van der Waals surface area (Å²) in [5.74, 6) is -0.303.